The Morgan fingerprint density at radius 1 is 1.31 bits per heavy atom. The average Bonchev–Trinajstić information content (AvgIpc) is 2.57. The fourth-order valence-electron chi connectivity index (χ4n) is 1.58. The van der Waals surface area contributed by atoms with Gasteiger partial charge < -0.3 is 5.11 Å². The Hall–Kier alpha value is -1.18. The summed E-state index contributed by atoms with van der Waals surface area (Å²) in [7, 11) is 0. The van der Waals surface area contributed by atoms with Gasteiger partial charge in [-0.15, -0.1) is 11.8 Å². The second-order valence-corrected chi connectivity index (χ2v) is 3.13. The van der Waals surface area contributed by atoms with Crippen LogP contribution >= 0.6 is 0 Å². The predicted octanol–water partition coefficient (Wildman–Crippen LogP) is 1.73. The van der Waals surface area contributed by atoms with Crippen LogP contribution in [0.4, 0.5) is 0 Å². The summed E-state index contributed by atoms with van der Waals surface area (Å²) in [6.45, 7) is 3.45. The van der Waals surface area contributed by atoms with Gasteiger partial charge in [0.25, 0.3) is 0 Å². The van der Waals surface area contributed by atoms with Crippen molar-refractivity contribution in [2.24, 2.45) is 5.92 Å². The number of rotatable bonds is 1. The molecule has 0 aromatic heterocycles. The van der Waals surface area contributed by atoms with Crippen LogP contribution in [0, 0.1) is 29.6 Å². The minimum atomic E-state index is -1.13. The van der Waals surface area contributed by atoms with Gasteiger partial charge in [-0.05, 0) is 26.7 Å². The fraction of sp³-hybridized carbons (Fsp3) is 0.500. The second kappa shape index (κ2) is 4.17. The van der Waals surface area contributed by atoms with E-state index in [2.05, 4.69) is 29.8 Å². The largest absolute Gasteiger partial charge is 0.367 e. The molecule has 1 rings (SSSR count). The standard InChI is InChI=1S/C12H14O/c1-3-9-12(13,10-4-2)11-7-5-6-8-11/h5,7,11,13H,6,8H2,1-2H3. The molecule has 0 radical (unpaired) electrons. The summed E-state index contributed by atoms with van der Waals surface area (Å²) in [5.74, 6) is 11.1. The first-order valence-corrected chi connectivity index (χ1v) is 4.50. The Kier molecular flexibility index (Phi) is 3.18. The number of allylic oxidation sites excluding steroid dienone is 1. The molecule has 0 bridgehead atoms. The number of hydrogen-bond acceptors (Lipinski definition) is 1. The van der Waals surface area contributed by atoms with Crippen molar-refractivity contribution >= 4 is 0 Å². The van der Waals surface area contributed by atoms with E-state index >= 15 is 0 Å². The molecule has 1 nitrogen and oxygen atoms in total. The van der Waals surface area contributed by atoms with E-state index in [9.17, 15) is 5.11 Å². The molecule has 1 atom stereocenters. The highest BCUT2D eigenvalue weighted by molar-refractivity contribution is 5.33. The Morgan fingerprint density at radius 3 is 2.31 bits per heavy atom. The number of aliphatic hydroxyl groups is 1. The van der Waals surface area contributed by atoms with Crippen molar-refractivity contribution in [1.82, 2.24) is 0 Å². The highest BCUT2D eigenvalue weighted by Gasteiger charge is 2.32. The van der Waals surface area contributed by atoms with Crippen LogP contribution in [-0.4, -0.2) is 10.7 Å². The molecule has 13 heavy (non-hydrogen) atoms. The summed E-state index contributed by atoms with van der Waals surface area (Å²) >= 11 is 0. The Morgan fingerprint density at radius 2 is 1.92 bits per heavy atom. The van der Waals surface area contributed by atoms with Crippen LogP contribution in [0.2, 0.25) is 0 Å². The van der Waals surface area contributed by atoms with Gasteiger partial charge in [-0.25, -0.2) is 0 Å². The lowest BCUT2D eigenvalue weighted by Gasteiger charge is -2.21. The van der Waals surface area contributed by atoms with E-state index in [1.165, 1.54) is 0 Å². The zero-order valence-corrected chi connectivity index (χ0v) is 8.09. The summed E-state index contributed by atoms with van der Waals surface area (Å²) in [6.07, 6.45) is 6.04. The van der Waals surface area contributed by atoms with Crippen molar-refractivity contribution in [3.05, 3.63) is 12.2 Å². The molecule has 0 aromatic rings. The monoisotopic (exact) mass is 174 g/mol. The van der Waals surface area contributed by atoms with E-state index in [4.69, 9.17) is 0 Å². The molecule has 0 saturated heterocycles. The SMILES string of the molecule is CC#CC(O)(C#CC)C1C=CCC1. The summed E-state index contributed by atoms with van der Waals surface area (Å²) in [5.41, 5.74) is -1.13. The molecule has 68 valence electrons. The van der Waals surface area contributed by atoms with Crippen molar-refractivity contribution in [2.75, 3.05) is 0 Å². The maximum atomic E-state index is 10.1. The van der Waals surface area contributed by atoms with Crippen molar-refractivity contribution < 1.29 is 5.11 Å². The normalized spacial score (nSPS) is 20.1. The Bertz CT molecular complexity index is 297. The summed E-state index contributed by atoms with van der Waals surface area (Å²) in [5, 5.41) is 10.1. The molecule has 0 spiro atoms. The quantitative estimate of drug-likeness (QED) is 0.474. The molecule has 1 heteroatoms. The van der Waals surface area contributed by atoms with E-state index in [1.807, 2.05) is 6.08 Å². The van der Waals surface area contributed by atoms with Gasteiger partial charge in [0, 0.05) is 5.92 Å². The van der Waals surface area contributed by atoms with Crippen LogP contribution < -0.4 is 0 Å². The second-order valence-electron chi connectivity index (χ2n) is 3.13. The molecular weight excluding hydrogens is 160 g/mol. The highest BCUT2D eigenvalue weighted by atomic mass is 16.3. The zero-order valence-electron chi connectivity index (χ0n) is 8.09. The van der Waals surface area contributed by atoms with E-state index < -0.39 is 5.60 Å². The molecule has 1 aliphatic rings. The molecule has 0 fully saturated rings. The molecule has 0 aromatic carbocycles. The third kappa shape index (κ3) is 2.14. The summed E-state index contributed by atoms with van der Waals surface area (Å²) in [6, 6.07) is 0. The van der Waals surface area contributed by atoms with E-state index in [0.717, 1.165) is 12.8 Å². The topological polar surface area (TPSA) is 20.2 Å². The van der Waals surface area contributed by atoms with E-state index in [0.29, 0.717) is 0 Å². The van der Waals surface area contributed by atoms with Crippen LogP contribution in [0.3, 0.4) is 0 Å². The van der Waals surface area contributed by atoms with Crippen molar-refractivity contribution in [3.8, 4) is 23.7 Å². The lowest BCUT2D eigenvalue weighted by atomic mass is 9.88. The summed E-state index contributed by atoms with van der Waals surface area (Å²) in [4.78, 5) is 0. The lowest BCUT2D eigenvalue weighted by molar-refractivity contribution is 0.116. The van der Waals surface area contributed by atoms with Gasteiger partial charge in [-0.1, -0.05) is 24.0 Å². The minimum absolute atomic E-state index is 0.0763. The molecule has 0 heterocycles. The van der Waals surface area contributed by atoms with Crippen molar-refractivity contribution in [2.45, 2.75) is 32.3 Å². The van der Waals surface area contributed by atoms with Gasteiger partial charge in [0.2, 0.25) is 0 Å². The Labute approximate surface area is 79.9 Å². The van der Waals surface area contributed by atoms with Crippen LogP contribution in [0.15, 0.2) is 12.2 Å². The van der Waals surface area contributed by atoms with Crippen LogP contribution in [-0.2, 0) is 0 Å². The first-order valence-electron chi connectivity index (χ1n) is 4.50. The molecule has 0 amide bonds. The molecule has 0 saturated carbocycles. The van der Waals surface area contributed by atoms with Gasteiger partial charge in [0.1, 0.15) is 0 Å². The highest BCUT2D eigenvalue weighted by Crippen LogP contribution is 2.27. The lowest BCUT2D eigenvalue weighted by Crippen LogP contribution is -2.32. The molecule has 1 N–H and O–H groups in total. The first kappa shape index (κ1) is 9.90. The first-order chi connectivity index (χ1) is 6.23. The zero-order chi connectivity index (χ0) is 9.73. The van der Waals surface area contributed by atoms with E-state index in [1.54, 1.807) is 13.8 Å². The van der Waals surface area contributed by atoms with Gasteiger partial charge in [0.15, 0.2) is 5.60 Å². The maximum Gasteiger partial charge on any atom is 0.193 e. The van der Waals surface area contributed by atoms with E-state index in [-0.39, 0.29) is 5.92 Å². The van der Waals surface area contributed by atoms with Crippen LogP contribution in [0.5, 0.6) is 0 Å². The van der Waals surface area contributed by atoms with Crippen LogP contribution in [0.1, 0.15) is 26.7 Å². The van der Waals surface area contributed by atoms with Crippen LogP contribution in [0.25, 0.3) is 0 Å². The molecule has 0 aliphatic heterocycles. The predicted molar refractivity (Wildman–Crippen MR) is 53.7 cm³/mol. The smallest absolute Gasteiger partial charge is 0.193 e. The molecular formula is C12H14O. The number of hydrogen-bond donors (Lipinski definition) is 1. The maximum absolute atomic E-state index is 10.1. The molecule has 1 aliphatic carbocycles. The molecule has 1 unspecified atom stereocenters. The fourth-order valence-corrected chi connectivity index (χ4v) is 1.58. The van der Waals surface area contributed by atoms with Crippen molar-refractivity contribution in [3.63, 3.8) is 0 Å². The van der Waals surface area contributed by atoms with Gasteiger partial charge in [-0.2, -0.15) is 0 Å². The third-order valence-electron chi connectivity index (χ3n) is 2.18. The van der Waals surface area contributed by atoms with Gasteiger partial charge in [0.05, 0.1) is 0 Å². The van der Waals surface area contributed by atoms with Gasteiger partial charge in [-0.3, -0.25) is 0 Å². The average molecular weight is 174 g/mol. The third-order valence-corrected chi connectivity index (χ3v) is 2.18. The van der Waals surface area contributed by atoms with Gasteiger partial charge >= 0.3 is 0 Å². The Balaban J connectivity index is 2.91. The minimum Gasteiger partial charge on any atom is -0.367 e. The summed E-state index contributed by atoms with van der Waals surface area (Å²) < 4.78 is 0. The van der Waals surface area contributed by atoms with Crippen molar-refractivity contribution in [1.29, 1.82) is 0 Å².